The van der Waals surface area contributed by atoms with E-state index in [2.05, 4.69) is 10.4 Å². The van der Waals surface area contributed by atoms with Gasteiger partial charge in [-0.3, -0.25) is 9.59 Å². The number of nitrogens with zero attached hydrogens (tertiary/aromatic N) is 4. The lowest BCUT2D eigenvalue weighted by molar-refractivity contribution is -0.116. The van der Waals surface area contributed by atoms with Gasteiger partial charge >= 0.3 is 0 Å². The van der Waals surface area contributed by atoms with Crippen molar-refractivity contribution in [2.24, 2.45) is 5.92 Å². The molecule has 184 valence electrons. The Morgan fingerprint density at radius 3 is 2.23 bits per heavy atom. The largest absolute Gasteiger partial charge is 0.353 e. The number of anilines is 2. The van der Waals surface area contributed by atoms with E-state index >= 15 is 0 Å². The molecule has 0 unspecified atom stereocenters. The third-order valence-electron chi connectivity index (χ3n) is 5.72. The van der Waals surface area contributed by atoms with E-state index in [0.29, 0.717) is 49.8 Å². The van der Waals surface area contributed by atoms with Crippen LogP contribution in [0.5, 0.6) is 0 Å². The average Bonchev–Trinajstić information content (AvgIpc) is 2.85. The van der Waals surface area contributed by atoms with Crippen molar-refractivity contribution in [1.29, 1.82) is 0 Å². The zero-order valence-electron chi connectivity index (χ0n) is 19.8. The number of sulfonamides is 1. The van der Waals surface area contributed by atoms with Crippen LogP contribution in [0, 0.1) is 5.92 Å². The van der Waals surface area contributed by atoms with Crippen molar-refractivity contribution < 1.29 is 13.2 Å². The van der Waals surface area contributed by atoms with Crippen LogP contribution in [0.15, 0.2) is 76.4 Å². The maximum absolute atomic E-state index is 13.2. The topological polar surface area (TPSA) is 105 Å². The fourth-order valence-electron chi connectivity index (χ4n) is 3.92. The first-order chi connectivity index (χ1) is 16.7. The van der Waals surface area contributed by atoms with Gasteiger partial charge in [-0.1, -0.05) is 32.0 Å². The minimum atomic E-state index is -3.67. The van der Waals surface area contributed by atoms with Crippen LogP contribution in [-0.4, -0.2) is 54.6 Å². The van der Waals surface area contributed by atoms with Gasteiger partial charge < -0.3 is 10.2 Å². The number of aromatic nitrogens is 2. The van der Waals surface area contributed by atoms with E-state index in [-0.39, 0.29) is 22.3 Å². The van der Waals surface area contributed by atoms with Crippen molar-refractivity contribution in [3.63, 3.8) is 0 Å². The SMILES string of the molecule is CC(C)CC(=O)Nc1ccc(S(=O)(=O)N2CCN(c3ccc(=O)n(-c4ccccc4)n3)CC2)cc1. The fourth-order valence-corrected chi connectivity index (χ4v) is 5.35. The van der Waals surface area contributed by atoms with Crippen molar-refractivity contribution in [2.45, 2.75) is 25.2 Å². The number of piperazine rings is 1. The minimum Gasteiger partial charge on any atom is -0.353 e. The molecule has 1 aliphatic rings. The Morgan fingerprint density at radius 2 is 1.60 bits per heavy atom. The van der Waals surface area contributed by atoms with Crippen LogP contribution < -0.4 is 15.8 Å². The van der Waals surface area contributed by atoms with Crippen LogP contribution in [0.4, 0.5) is 11.5 Å². The summed E-state index contributed by atoms with van der Waals surface area (Å²) in [5.74, 6) is 0.760. The highest BCUT2D eigenvalue weighted by molar-refractivity contribution is 7.89. The van der Waals surface area contributed by atoms with Gasteiger partial charge in [-0.05, 0) is 48.4 Å². The monoisotopic (exact) mass is 495 g/mol. The molecule has 9 nitrogen and oxygen atoms in total. The standard InChI is InChI=1S/C25H29N5O4S/c1-19(2)18-24(31)26-20-8-10-22(11-9-20)35(33,34)29-16-14-28(15-17-29)23-12-13-25(32)30(27-23)21-6-4-3-5-7-21/h3-13,19H,14-18H2,1-2H3,(H,26,31). The molecule has 0 radical (unpaired) electrons. The molecule has 1 aromatic heterocycles. The molecule has 3 aromatic rings. The van der Waals surface area contributed by atoms with E-state index in [4.69, 9.17) is 0 Å². The molecular formula is C25H29N5O4S. The van der Waals surface area contributed by atoms with Gasteiger partial charge in [0, 0.05) is 44.4 Å². The molecule has 1 aliphatic heterocycles. The van der Waals surface area contributed by atoms with Crippen LogP contribution in [0.3, 0.4) is 0 Å². The van der Waals surface area contributed by atoms with E-state index in [0.717, 1.165) is 0 Å². The van der Waals surface area contributed by atoms with Crippen LogP contribution in [0.25, 0.3) is 5.69 Å². The highest BCUT2D eigenvalue weighted by atomic mass is 32.2. The number of para-hydroxylation sites is 1. The van der Waals surface area contributed by atoms with Crippen LogP contribution in [0.1, 0.15) is 20.3 Å². The normalized spacial score (nSPS) is 14.8. The van der Waals surface area contributed by atoms with Gasteiger partial charge in [0.05, 0.1) is 10.6 Å². The first-order valence-electron chi connectivity index (χ1n) is 11.5. The summed E-state index contributed by atoms with van der Waals surface area (Å²) in [6, 6.07) is 18.6. The number of hydrogen-bond donors (Lipinski definition) is 1. The van der Waals surface area contributed by atoms with Crippen molar-refractivity contribution in [2.75, 3.05) is 36.4 Å². The van der Waals surface area contributed by atoms with Crippen LogP contribution in [0.2, 0.25) is 0 Å². The number of benzene rings is 2. The number of hydrogen-bond acceptors (Lipinski definition) is 6. The van der Waals surface area contributed by atoms with Crippen molar-refractivity contribution >= 4 is 27.4 Å². The molecule has 4 rings (SSSR count). The number of amides is 1. The van der Waals surface area contributed by atoms with E-state index in [1.165, 1.54) is 27.2 Å². The summed E-state index contributed by atoms with van der Waals surface area (Å²) in [5.41, 5.74) is 1.01. The maximum Gasteiger partial charge on any atom is 0.271 e. The second-order valence-corrected chi connectivity index (χ2v) is 10.8. The summed E-state index contributed by atoms with van der Waals surface area (Å²) in [6.45, 7) is 5.41. The Morgan fingerprint density at radius 1 is 0.943 bits per heavy atom. The lowest BCUT2D eigenvalue weighted by Crippen LogP contribution is -2.49. The van der Waals surface area contributed by atoms with Gasteiger partial charge in [-0.2, -0.15) is 8.99 Å². The quantitative estimate of drug-likeness (QED) is 0.541. The number of rotatable bonds is 7. The molecule has 10 heteroatoms. The van der Waals surface area contributed by atoms with Crippen LogP contribution in [-0.2, 0) is 14.8 Å². The Kier molecular flexibility index (Phi) is 7.32. The molecule has 1 amide bonds. The van der Waals surface area contributed by atoms with E-state index in [1.807, 2.05) is 49.1 Å². The Bertz CT molecular complexity index is 1330. The zero-order valence-corrected chi connectivity index (χ0v) is 20.6. The summed E-state index contributed by atoms with van der Waals surface area (Å²) in [4.78, 5) is 26.4. The second-order valence-electron chi connectivity index (χ2n) is 8.84. The van der Waals surface area contributed by atoms with Crippen LogP contribution >= 0.6 is 0 Å². The predicted molar refractivity (Wildman–Crippen MR) is 135 cm³/mol. The molecule has 0 saturated carbocycles. The Balaban J connectivity index is 1.42. The Hall–Kier alpha value is -3.50. The molecule has 0 spiro atoms. The third-order valence-corrected chi connectivity index (χ3v) is 7.63. The molecule has 0 aliphatic carbocycles. The van der Waals surface area contributed by atoms with Gasteiger partial charge in [-0.15, -0.1) is 5.10 Å². The van der Waals surface area contributed by atoms with Crippen molar-refractivity contribution in [3.8, 4) is 5.69 Å². The molecule has 0 bridgehead atoms. The van der Waals surface area contributed by atoms with Gasteiger partial charge in [0.1, 0.15) is 5.82 Å². The Labute approximate surface area is 205 Å². The van der Waals surface area contributed by atoms with E-state index < -0.39 is 10.0 Å². The summed E-state index contributed by atoms with van der Waals surface area (Å²) in [5, 5.41) is 7.28. The maximum atomic E-state index is 13.2. The van der Waals surface area contributed by atoms with Gasteiger partial charge in [0.25, 0.3) is 5.56 Å². The van der Waals surface area contributed by atoms with Crippen molar-refractivity contribution in [3.05, 3.63) is 77.1 Å². The first-order valence-corrected chi connectivity index (χ1v) is 13.0. The molecule has 0 atom stereocenters. The summed E-state index contributed by atoms with van der Waals surface area (Å²) >= 11 is 0. The average molecular weight is 496 g/mol. The van der Waals surface area contributed by atoms with E-state index in [9.17, 15) is 18.0 Å². The first kappa shape index (κ1) is 24.6. The lowest BCUT2D eigenvalue weighted by atomic mass is 10.1. The summed E-state index contributed by atoms with van der Waals surface area (Å²) in [7, 11) is -3.67. The zero-order chi connectivity index (χ0) is 25.0. The summed E-state index contributed by atoms with van der Waals surface area (Å²) < 4.78 is 29.1. The third kappa shape index (κ3) is 5.77. The minimum absolute atomic E-state index is 0.0982. The van der Waals surface area contributed by atoms with E-state index in [1.54, 1.807) is 18.2 Å². The number of carbonyl (C=O) groups excluding carboxylic acids is 1. The fraction of sp³-hybridized carbons (Fsp3) is 0.320. The van der Waals surface area contributed by atoms with Crippen molar-refractivity contribution in [1.82, 2.24) is 14.1 Å². The molecule has 2 aromatic carbocycles. The number of nitrogens with one attached hydrogen (secondary N) is 1. The molecule has 1 N–H and O–H groups in total. The second kappa shape index (κ2) is 10.4. The van der Waals surface area contributed by atoms with Gasteiger partial charge in [0.15, 0.2) is 0 Å². The molecule has 1 saturated heterocycles. The molecule has 35 heavy (non-hydrogen) atoms. The predicted octanol–water partition coefficient (Wildman–Crippen LogP) is 2.73. The molecule has 2 heterocycles. The molecule has 1 fully saturated rings. The highest BCUT2D eigenvalue weighted by Crippen LogP contribution is 2.22. The smallest absolute Gasteiger partial charge is 0.271 e. The lowest BCUT2D eigenvalue weighted by Gasteiger charge is -2.34. The molecular weight excluding hydrogens is 466 g/mol. The van der Waals surface area contributed by atoms with Gasteiger partial charge in [-0.25, -0.2) is 8.42 Å². The summed E-state index contributed by atoms with van der Waals surface area (Å²) in [6.07, 6.45) is 0.405. The highest BCUT2D eigenvalue weighted by Gasteiger charge is 2.29. The van der Waals surface area contributed by atoms with Gasteiger partial charge in [0.2, 0.25) is 15.9 Å². The number of carbonyl (C=O) groups is 1.